The van der Waals surface area contributed by atoms with Crippen LogP contribution in [-0.4, -0.2) is 33.5 Å². The van der Waals surface area contributed by atoms with Gasteiger partial charge in [0.15, 0.2) is 0 Å². The van der Waals surface area contributed by atoms with Gasteiger partial charge < -0.3 is 15.0 Å². The van der Waals surface area contributed by atoms with Crippen molar-refractivity contribution in [2.24, 2.45) is 5.10 Å². The minimum atomic E-state index is -0.396. The number of rotatable bonds is 5. The fraction of sp³-hybridized carbons (Fsp3) is 0.263. The molecule has 2 aromatic carbocycles. The van der Waals surface area contributed by atoms with E-state index in [2.05, 4.69) is 15.8 Å². The summed E-state index contributed by atoms with van der Waals surface area (Å²) in [5.74, 6) is 0.687. The number of anilines is 2. The lowest BCUT2D eigenvalue weighted by Crippen LogP contribution is -2.24. The van der Waals surface area contributed by atoms with Crippen molar-refractivity contribution in [3.8, 4) is 5.75 Å². The monoisotopic (exact) mass is 340 g/mol. The maximum atomic E-state index is 12.0. The Kier molecular flexibility index (Phi) is 6.00. The van der Waals surface area contributed by atoms with Crippen molar-refractivity contribution in [2.45, 2.75) is 13.8 Å². The van der Waals surface area contributed by atoms with Crippen LogP contribution in [0.2, 0.25) is 0 Å². The Morgan fingerprint density at radius 3 is 2.56 bits per heavy atom. The molecule has 2 aromatic rings. The zero-order valence-corrected chi connectivity index (χ0v) is 15.3. The number of amides is 2. The number of hydrazone groups is 1. The van der Waals surface area contributed by atoms with Gasteiger partial charge in [-0.3, -0.25) is 0 Å². The molecule has 0 aromatic heterocycles. The van der Waals surface area contributed by atoms with Crippen LogP contribution in [0, 0.1) is 13.8 Å². The van der Waals surface area contributed by atoms with Crippen molar-refractivity contribution < 1.29 is 9.53 Å². The summed E-state index contributed by atoms with van der Waals surface area (Å²) in [4.78, 5) is 13.9. The average Bonchev–Trinajstić information content (AvgIpc) is 2.57. The smallest absolute Gasteiger partial charge is 0.339 e. The number of urea groups is 1. The Morgan fingerprint density at radius 1 is 1.16 bits per heavy atom. The molecule has 0 saturated heterocycles. The zero-order valence-electron chi connectivity index (χ0n) is 15.3. The van der Waals surface area contributed by atoms with E-state index in [4.69, 9.17) is 4.74 Å². The third-order valence-electron chi connectivity index (χ3n) is 3.73. The molecule has 0 saturated carbocycles. The SMILES string of the molecule is COc1cc(N(C)C)ccc1C=NNC(=O)Nc1ccc(C)cc1C. The molecule has 0 heterocycles. The number of benzene rings is 2. The predicted molar refractivity (Wildman–Crippen MR) is 103 cm³/mol. The molecule has 0 atom stereocenters. The van der Waals surface area contributed by atoms with E-state index in [1.54, 1.807) is 13.3 Å². The van der Waals surface area contributed by atoms with E-state index in [0.717, 1.165) is 28.1 Å². The molecule has 2 rings (SSSR count). The first-order chi connectivity index (χ1) is 11.9. The molecule has 0 unspecified atom stereocenters. The predicted octanol–water partition coefficient (Wildman–Crippen LogP) is 3.53. The van der Waals surface area contributed by atoms with Crippen LogP contribution in [0.4, 0.5) is 16.2 Å². The van der Waals surface area contributed by atoms with Gasteiger partial charge in [-0.1, -0.05) is 17.7 Å². The number of methoxy groups -OCH3 is 1. The van der Waals surface area contributed by atoms with Crippen LogP contribution in [0.15, 0.2) is 41.5 Å². The van der Waals surface area contributed by atoms with Gasteiger partial charge >= 0.3 is 6.03 Å². The van der Waals surface area contributed by atoms with Crippen LogP contribution in [0.25, 0.3) is 0 Å². The van der Waals surface area contributed by atoms with Crippen LogP contribution in [0.3, 0.4) is 0 Å². The van der Waals surface area contributed by atoms with E-state index in [0.29, 0.717) is 5.75 Å². The van der Waals surface area contributed by atoms with Gasteiger partial charge in [0.1, 0.15) is 5.75 Å². The third-order valence-corrected chi connectivity index (χ3v) is 3.73. The van der Waals surface area contributed by atoms with Gasteiger partial charge in [0.2, 0.25) is 0 Å². The third kappa shape index (κ3) is 4.97. The summed E-state index contributed by atoms with van der Waals surface area (Å²) >= 11 is 0. The molecule has 0 bridgehead atoms. The summed E-state index contributed by atoms with van der Waals surface area (Å²) in [6, 6.07) is 11.2. The van der Waals surface area contributed by atoms with Gasteiger partial charge in [-0.05, 0) is 37.6 Å². The number of aryl methyl sites for hydroxylation is 2. The van der Waals surface area contributed by atoms with Crippen LogP contribution >= 0.6 is 0 Å². The van der Waals surface area contributed by atoms with Gasteiger partial charge in [0.25, 0.3) is 0 Å². The molecule has 2 N–H and O–H groups in total. The molecule has 25 heavy (non-hydrogen) atoms. The highest BCUT2D eigenvalue weighted by Crippen LogP contribution is 2.23. The zero-order chi connectivity index (χ0) is 18.4. The minimum Gasteiger partial charge on any atom is -0.496 e. The summed E-state index contributed by atoms with van der Waals surface area (Å²) in [6.07, 6.45) is 1.56. The Labute approximate surface area is 148 Å². The minimum absolute atomic E-state index is 0.396. The molecule has 0 spiro atoms. The number of carbonyl (C=O) groups is 1. The van der Waals surface area contributed by atoms with E-state index >= 15 is 0 Å². The summed E-state index contributed by atoms with van der Waals surface area (Å²) in [6.45, 7) is 3.96. The first-order valence-corrected chi connectivity index (χ1v) is 7.93. The van der Waals surface area contributed by atoms with E-state index < -0.39 is 6.03 Å². The van der Waals surface area contributed by atoms with Crippen molar-refractivity contribution >= 4 is 23.6 Å². The van der Waals surface area contributed by atoms with Crippen LogP contribution in [0.1, 0.15) is 16.7 Å². The highest BCUT2D eigenvalue weighted by Gasteiger charge is 2.05. The van der Waals surface area contributed by atoms with Crippen LogP contribution in [0.5, 0.6) is 5.75 Å². The Morgan fingerprint density at radius 2 is 1.92 bits per heavy atom. The fourth-order valence-electron chi connectivity index (χ4n) is 2.35. The molecular formula is C19H24N4O2. The van der Waals surface area contributed by atoms with Gasteiger partial charge in [0, 0.05) is 37.1 Å². The number of hydrogen-bond acceptors (Lipinski definition) is 4. The van der Waals surface area contributed by atoms with Crippen LogP contribution in [-0.2, 0) is 0 Å². The lowest BCUT2D eigenvalue weighted by atomic mass is 10.1. The number of carbonyl (C=O) groups excluding carboxylic acids is 1. The van der Waals surface area contributed by atoms with E-state index in [1.165, 1.54) is 0 Å². The molecule has 0 aliphatic rings. The standard InChI is InChI=1S/C19H24N4O2/c1-13-6-9-17(14(2)10-13)21-19(24)22-20-12-15-7-8-16(23(3)4)11-18(15)25-5/h6-12H,1-5H3,(H2,21,22,24). The molecule has 2 amide bonds. The molecule has 0 aliphatic carbocycles. The van der Waals surface area contributed by atoms with Crippen molar-refractivity contribution in [3.05, 3.63) is 53.1 Å². The number of nitrogens with zero attached hydrogens (tertiary/aromatic N) is 2. The van der Waals surface area contributed by atoms with Crippen LogP contribution < -0.4 is 20.4 Å². The number of nitrogens with one attached hydrogen (secondary N) is 2. The molecule has 0 fully saturated rings. The van der Waals surface area contributed by atoms with E-state index in [-0.39, 0.29) is 0 Å². The summed E-state index contributed by atoms with van der Waals surface area (Å²) in [5.41, 5.74) is 7.17. The molecular weight excluding hydrogens is 316 g/mol. The van der Waals surface area contributed by atoms with Gasteiger partial charge in [-0.2, -0.15) is 5.10 Å². The summed E-state index contributed by atoms with van der Waals surface area (Å²) in [5, 5.41) is 6.76. The molecule has 6 nitrogen and oxygen atoms in total. The average molecular weight is 340 g/mol. The second kappa shape index (κ2) is 8.19. The van der Waals surface area contributed by atoms with Crippen molar-refractivity contribution in [2.75, 3.05) is 31.4 Å². The number of ether oxygens (including phenoxy) is 1. The first-order valence-electron chi connectivity index (χ1n) is 7.93. The molecule has 0 aliphatic heterocycles. The normalized spacial score (nSPS) is 10.6. The summed E-state index contributed by atoms with van der Waals surface area (Å²) < 4.78 is 5.37. The lowest BCUT2D eigenvalue weighted by molar-refractivity contribution is 0.252. The Hall–Kier alpha value is -3.02. The first kappa shape index (κ1) is 18.3. The number of hydrogen-bond donors (Lipinski definition) is 2. The lowest BCUT2D eigenvalue weighted by Gasteiger charge is -2.14. The highest BCUT2D eigenvalue weighted by molar-refractivity contribution is 5.91. The highest BCUT2D eigenvalue weighted by atomic mass is 16.5. The van der Waals surface area contributed by atoms with Gasteiger partial charge in [0.05, 0.1) is 13.3 Å². The molecule has 0 radical (unpaired) electrons. The topological polar surface area (TPSA) is 66.0 Å². The Balaban J connectivity index is 2.01. The maximum absolute atomic E-state index is 12.0. The molecule has 132 valence electrons. The fourth-order valence-corrected chi connectivity index (χ4v) is 2.35. The quantitative estimate of drug-likeness (QED) is 0.646. The van der Waals surface area contributed by atoms with Crippen molar-refractivity contribution in [1.29, 1.82) is 0 Å². The van der Waals surface area contributed by atoms with Crippen molar-refractivity contribution in [3.63, 3.8) is 0 Å². The summed E-state index contributed by atoms with van der Waals surface area (Å²) in [7, 11) is 5.52. The van der Waals surface area contributed by atoms with Gasteiger partial charge in [-0.25, -0.2) is 10.2 Å². The second-order valence-corrected chi connectivity index (χ2v) is 5.96. The van der Waals surface area contributed by atoms with E-state index in [1.807, 2.05) is 69.2 Å². The van der Waals surface area contributed by atoms with Crippen molar-refractivity contribution in [1.82, 2.24) is 5.43 Å². The van der Waals surface area contributed by atoms with Gasteiger partial charge in [-0.15, -0.1) is 0 Å². The maximum Gasteiger partial charge on any atom is 0.339 e. The largest absolute Gasteiger partial charge is 0.496 e. The Bertz CT molecular complexity index is 785. The second-order valence-electron chi connectivity index (χ2n) is 5.96. The molecule has 6 heteroatoms. The van der Waals surface area contributed by atoms with E-state index in [9.17, 15) is 4.79 Å².